The number of amides is 2. The van der Waals surface area contributed by atoms with Crippen molar-refractivity contribution in [1.29, 1.82) is 0 Å². The first kappa shape index (κ1) is 30.8. The Balaban J connectivity index is 1.73. The fourth-order valence-electron chi connectivity index (χ4n) is 4.46. The lowest BCUT2D eigenvalue weighted by Crippen LogP contribution is -2.56. The van der Waals surface area contributed by atoms with Crippen LogP contribution in [0.5, 0.6) is 5.75 Å². The zero-order valence-electron chi connectivity index (χ0n) is 24.7. The van der Waals surface area contributed by atoms with E-state index in [2.05, 4.69) is 29.5 Å². The molecule has 0 aliphatic carbocycles. The molecule has 2 N–H and O–H groups in total. The number of pyridine rings is 1. The number of aromatic nitrogens is 1. The number of ether oxygens (including phenoxy) is 1. The molecule has 0 saturated carbocycles. The number of carbonyl (C=O) groups is 2. The fourth-order valence-corrected chi connectivity index (χ4v) is 4.46. The molecule has 0 radical (unpaired) electrons. The predicted octanol–water partition coefficient (Wildman–Crippen LogP) is 5.15. The van der Waals surface area contributed by atoms with Crippen LogP contribution in [0.3, 0.4) is 0 Å². The molecule has 1 aromatic heterocycles. The monoisotopic (exact) mass is 544 g/mol. The van der Waals surface area contributed by atoms with Gasteiger partial charge in [0.25, 0.3) is 0 Å². The Morgan fingerprint density at radius 1 is 0.900 bits per heavy atom. The largest absolute Gasteiger partial charge is 0.489 e. The molecule has 1 heterocycles. The van der Waals surface area contributed by atoms with Crippen LogP contribution in [0.25, 0.3) is 0 Å². The molecular formula is C33H44N4O3. The lowest BCUT2D eigenvalue weighted by atomic mass is 9.99. The average molecular weight is 545 g/mol. The summed E-state index contributed by atoms with van der Waals surface area (Å²) >= 11 is 0. The Kier molecular flexibility index (Phi) is 11.3. The molecule has 7 heteroatoms. The van der Waals surface area contributed by atoms with Gasteiger partial charge >= 0.3 is 0 Å². The van der Waals surface area contributed by atoms with Gasteiger partial charge in [0.2, 0.25) is 11.8 Å². The molecule has 214 valence electrons. The van der Waals surface area contributed by atoms with Gasteiger partial charge in [-0.3, -0.25) is 19.5 Å². The highest BCUT2D eigenvalue weighted by Gasteiger charge is 2.30. The van der Waals surface area contributed by atoms with Gasteiger partial charge in [0.1, 0.15) is 18.4 Å². The van der Waals surface area contributed by atoms with E-state index >= 15 is 0 Å². The van der Waals surface area contributed by atoms with Crippen molar-refractivity contribution < 1.29 is 14.3 Å². The van der Waals surface area contributed by atoms with Gasteiger partial charge in [0.05, 0.1) is 6.04 Å². The molecule has 2 amide bonds. The highest BCUT2D eigenvalue weighted by atomic mass is 16.5. The first-order chi connectivity index (χ1) is 19.0. The van der Waals surface area contributed by atoms with Gasteiger partial charge in [-0.2, -0.15) is 0 Å². The van der Waals surface area contributed by atoms with Crippen LogP contribution in [-0.2, 0) is 29.2 Å². The molecule has 3 aromatic rings. The highest BCUT2D eigenvalue weighted by molar-refractivity contribution is 5.90. The number of rotatable bonds is 13. The average Bonchev–Trinajstić information content (AvgIpc) is 2.91. The Morgan fingerprint density at radius 2 is 1.57 bits per heavy atom. The standard InChI is InChI=1S/C33H44N4O3/c1-24(2)19-30(37(6)22-27-13-10-18-34-21-27)32(39)35-29(31(38)36-33(3,4)5)20-25-14-16-28(17-15-25)40-23-26-11-8-7-9-12-26/h7-18,21,24,29-30H,19-20,22-23H2,1-6H3,(H,35,39)(H,36,38)/t29-,30-/m0/s1. The van der Waals surface area contributed by atoms with E-state index in [0.717, 1.165) is 22.4 Å². The number of nitrogens with zero attached hydrogens (tertiary/aromatic N) is 2. The van der Waals surface area contributed by atoms with Crippen molar-refractivity contribution in [3.8, 4) is 5.75 Å². The van der Waals surface area contributed by atoms with Gasteiger partial charge in [0.15, 0.2) is 0 Å². The molecule has 7 nitrogen and oxygen atoms in total. The maximum absolute atomic E-state index is 13.7. The first-order valence-electron chi connectivity index (χ1n) is 14.0. The summed E-state index contributed by atoms with van der Waals surface area (Å²) in [6.45, 7) is 11.1. The quantitative estimate of drug-likeness (QED) is 0.311. The number of likely N-dealkylation sites (N-methyl/N-ethyl adjacent to an activating group) is 1. The molecule has 0 aliphatic heterocycles. The van der Waals surface area contributed by atoms with Crippen LogP contribution < -0.4 is 15.4 Å². The second kappa shape index (κ2) is 14.6. The molecular weight excluding hydrogens is 500 g/mol. The smallest absolute Gasteiger partial charge is 0.243 e. The Morgan fingerprint density at radius 3 is 2.17 bits per heavy atom. The maximum atomic E-state index is 13.7. The number of nitrogens with one attached hydrogen (secondary N) is 2. The predicted molar refractivity (Wildman–Crippen MR) is 160 cm³/mol. The molecule has 0 bridgehead atoms. The van der Waals surface area contributed by atoms with Crippen LogP contribution in [0, 0.1) is 5.92 Å². The second-order valence-corrected chi connectivity index (χ2v) is 11.8. The summed E-state index contributed by atoms with van der Waals surface area (Å²) in [5.41, 5.74) is 2.63. The molecule has 2 atom stereocenters. The second-order valence-electron chi connectivity index (χ2n) is 11.8. The van der Waals surface area contributed by atoms with E-state index in [4.69, 9.17) is 4.74 Å². The molecule has 2 aromatic carbocycles. The van der Waals surface area contributed by atoms with Crippen LogP contribution in [0.15, 0.2) is 79.1 Å². The third-order valence-corrected chi connectivity index (χ3v) is 6.43. The lowest BCUT2D eigenvalue weighted by molar-refractivity contribution is -0.132. The normalized spacial score (nSPS) is 13.1. The number of hydrogen-bond donors (Lipinski definition) is 2. The maximum Gasteiger partial charge on any atom is 0.243 e. The Bertz CT molecular complexity index is 1190. The summed E-state index contributed by atoms with van der Waals surface area (Å²) in [6, 6.07) is 20.5. The van der Waals surface area contributed by atoms with E-state index in [9.17, 15) is 9.59 Å². The van der Waals surface area contributed by atoms with Crippen molar-refractivity contribution in [1.82, 2.24) is 20.5 Å². The summed E-state index contributed by atoms with van der Waals surface area (Å²) in [5.74, 6) is 0.694. The van der Waals surface area contributed by atoms with Gasteiger partial charge in [-0.1, -0.05) is 62.4 Å². The molecule has 0 aliphatic rings. The van der Waals surface area contributed by atoms with E-state index in [0.29, 0.717) is 31.9 Å². The molecule has 0 fully saturated rings. The Labute approximate surface area is 239 Å². The fraction of sp³-hybridized carbons (Fsp3) is 0.424. The Hall–Kier alpha value is -3.71. The van der Waals surface area contributed by atoms with Gasteiger partial charge < -0.3 is 15.4 Å². The van der Waals surface area contributed by atoms with Crippen molar-refractivity contribution >= 4 is 11.8 Å². The van der Waals surface area contributed by atoms with E-state index in [-0.39, 0.29) is 17.9 Å². The lowest BCUT2D eigenvalue weighted by Gasteiger charge is -2.31. The van der Waals surface area contributed by atoms with Gasteiger partial charge in [-0.05, 0) is 75.0 Å². The molecule has 0 unspecified atom stereocenters. The summed E-state index contributed by atoms with van der Waals surface area (Å²) in [7, 11) is 1.94. The minimum atomic E-state index is -0.718. The van der Waals surface area contributed by atoms with Crippen LogP contribution in [-0.4, -0.2) is 46.4 Å². The van der Waals surface area contributed by atoms with Crippen LogP contribution in [0.2, 0.25) is 0 Å². The zero-order valence-corrected chi connectivity index (χ0v) is 24.7. The van der Waals surface area contributed by atoms with E-state index < -0.39 is 11.6 Å². The number of hydrogen-bond acceptors (Lipinski definition) is 5. The molecule has 0 saturated heterocycles. The topological polar surface area (TPSA) is 83.6 Å². The SMILES string of the molecule is CC(C)C[C@@H](C(=O)N[C@@H](Cc1ccc(OCc2ccccc2)cc1)C(=O)NC(C)(C)C)N(C)Cc1cccnc1. The molecule has 0 spiro atoms. The molecule has 40 heavy (non-hydrogen) atoms. The number of benzene rings is 2. The summed E-state index contributed by atoms with van der Waals surface area (Å²) in [6.07, 6.45) is 4.59. The van der Waals surface area contributed by atoms with Crippen molar-refractivity contribution in [2.75, 3.05) is 7.05 Å². The van der Waals surface area contributed by atoms with Crippen LogP contribution in [0.1, 0.15) is 57.7 Å². The van der Waals surface area contributed by atoms with Crippen LogP contribution in [0.4, 0.5) is 0 Å². The van der Waals surface area contributed by atoms with Crippen LogP contribution >= 0.6 is 0 Å². The summed E-state index contributed by atoms with van der Waals surface area (Å²) < 4.78 is 5.91. The minimum absolute atomic E-state index is 0.156. The van der Waals surface area contributed by atoms with E-state index in [1.54, 1.807) is 6.20 Å². The summed E-state index contributed by atoms with van der Waals surface area (Å²) in [4.78, 5) is 33.3. The minimum Gasteiger partial charge on any atom is -0.489 e. The van der Waals surface area contributed by atoms with Crippen molar-refractivity contribution in [2.45, 2.75) is 78.2 Å². The van der Waals surface area contributed by atoms with Crippen molar-refractivity contribution in [3.63, 3.8) is 0 Å². The van der Waals surface area contributed by atoms with Crippen molar-refractivity contribution in [3.05, 3.63) is 95.8 Å². The molecule has 3 rings (SSSR count). The zero-order chi connectivity index (χ0) is 29.1. The highest BCUT2D eigenvalue weighted by Crippen LogP contribution is 2.18. The number of carbonyl (C=O) groups excluding carboxylic acids is 2. The van der Waals surface area contributed by atoms with Gasteiger partial charge in [-0.15, -0.1) is 0 Å². The van der Waals surface area contributed by atoms with E-state index in [1.165, 1.54) is 0 Å². The third-order valence-electron chi connectivity index (χ3n) is 6.43. The van der Waals surface area contributed by atoms with E-state index in [1.807, 2.05) is 106 Å². The summed E-state index contributed by atoms with van der Waals surface area (Å²) in [5, 5.41) is 6.13. The van der Waals surface area contributed by atoms with Crippen molar-refractivity contribution in [2.24, 2.45) is 5.92 Å². The first-order valence-corrected chi connectivity index (χ1v) is 14.0. The third kappa shape index (κ3) is 10.5. The van der Waals surface area contributed by atoms with Gasteiger partial charge in [-0.25, -0.2) is 0 Å². The van der Waals surface area contributed by atoms with Gasteiger partial charge in [0, 0.05) is 30.9 Å².